The van der Waals surface area contributed by atoms with E-state index in [4.69, 9.17) is 9.47 Å². The second kappa shape index (κ2) is 7.22. The van der Waals surface area contributed by atoms with E-state index in [1.165, 1.54) is 35.7 Å². The summed E-state index contributed by atoms with van der Waals surface area (Å²) in [5.74, 6) is 0.636. The molecular weight excluding hydrogens is 364 g/mol. The third-order valence-corrected chi connectivity index (χ3v) is 5.78. The number of non-ortho nitro benzene ring substituents is 1. The fourth-order valence-corrected chi connectivity index (χ4v) is 4.04. The van der Waals surface area contributed by atoms with Crippen molar-refractivity contribution in [3.05, 3.63) is 46.5 Å². The molecular formula is C15H16N4O6S. The first-order valence-electron chi connectivity index (χ1n) is 7.69. The standard InChI is InChI=1S/C15H16N4O6S/c1-24-14-6-7-15(17-16-14)25-12-8-9-18(10-12)26(22,23)13-4-2-11(3-5-13)19(20)21/h2-7,12H,8-10H2,1H3. The molecule has 11 heteroatoms. The van der Waals surface area contributed by atoms with Gasteiger partial charge >= 0.3 is 0 Å². The molecule has 0 spiro atoms. The minimum atomic E-state index is -3.74. The molecule has 1 atom stereocenters. The Balaban J connectivity index is 1.67. The van der Waals surface area contributed by atoms with Gasteiger partial charge in [-0.15, -0.1) is 10.2 Å². The summed E-state index contributed by atoms with van der Waals surface area (Å²) in [7, 11) is -2.27. The Morgan fingerprint density at radius 1 is 1.15 bits per heavy atom. The van der Waals surface area contributed by atoms with Gasteiger partial charge in [0.1, 0.15) is 6.10 Å². The summed E-state index contributed by atoms with van der Waals surface area (Å²) in [6.07, 6.45) is 0.144. The van der Waals surface area contributed by atoms with Crippen molar-refractivity contribution in [2.24, 2.45) is 0 Å². The highest BCUT2D eigenvalue weighted by Crippen LogP contribution is 2.25. The smallest absolute Gasteiger partial charge is 0.269 e. The first kappa shape index (κ1) is 18.0. The van der Waals surface area contributed by atoms with Crippen LogP contribution in [0.25, 0.3) is 0 Å². The Hall–Kier alpha value is -2.79. The van der Waals surface area contributed by atoms with Crippen molar-refractivity contribution < 1.29 is 22.8 Å². The molecule has 1 unspecified atom stereocenters. The van der Waals surface area contributed by atoms with Crippen molar-refractivity contribution in [1.82, 2.24) is 14.5 Å². The van der Waals surface area contributed by atoms with E-state index in [2.05, 4.69) is 10.2 Å². The zero-order chi connectivity index (χ0) is 18.7. The minimum absolute atomic E-state index is 0.00740. The van der Waals surface area contributed by atoms with Crippen molar-refractivity contribution in [3.8, 4) is 11.8 Å². The summed E-state index contributed by atoms with van der Waals surface area (Å²) >= 11 is 0. The maximum absolute atomic E-state index is 12.7. The Morgan fingerprint density at radius 2 is 1.81 bits per heavy atom. The number of sulfonamides is 1. The van der Waals surface area contributed by atoms with Gasteiger partial charge in [-0.05, 0) is 18.6 Å². The molecule has 138 valence electrons. The highest BCUT2D eigenvalue weighted by atomic mass is 32.2. The van der Waals surface area contributed by atoms with Crippen LogP contribution in [0, 0.1) is 10.1 Å². The van der Waals surface area contributed by atoms with E-state index in [0.717, 1.165) is 0 Å². The normalized spacial score (nSPS) is 17.8. The SMILES string of the molecule is COc1ccc(OC2CCN(S(=O)(=O)c3ccc([N+](=O)[O-])cc3)C2)nn1. The first-order chi connectivity index (χ1) is 12.4. The second-order valence-corrected chi connectivity index (χ2v) is 7.49. The lowest BCUT2D eigenvalue weighted by molar-refractivity contribution is -0.384. The molecule has 1 aromatic carbocycles. The van der Waals surface area contributed by atoms with Crippen LogP contribution in [0.5, 0.6) is 11.8 Å². The van der Waals surface area contributed by atoms with Crippen molar-refractivity contribution in [2.45, 2.75) is 17.4 Å². The fraction of sp³-hybridized carbons (Fsp3) is 0.333. The molecule has 26 heavy (non-hydrogen) atoms. The molecule has 10 nitrogen and oxygen atoms in total. The van der Waals surface area contributed by atoms with Gasteiger partial charge < -0.3 is 9.47 Å². The molecule has 1 saturated heterocycles. The molecule has 0 aliphatic carbocycles. The average molecular weight is 380 g/mol. The molecule has 1 aliphatic heterocycles. The Bertz CT molecular complexity index is 885. The molecule has 0 amide bonds. The van der Waals surface area contributed by atoms with Crippen molar-refractivity contribution in [1.29, 1.82) is 0 Å². The number of hydrogen-bond acceptors (Lipinski definition) is 8. The first-order valence-corrected chi connectivity index (χ1v) is 9.13. The summed E-state index contributed by atoms with van der Waals surface area (Å²) in [5.41, 5.74) is -0.162. The molecule has 0 radical (unpaired) electrons. The highest BCUT2D eigenvalue weighted by Gasteiger charge is 2.34. The molecule has 1 aliphatic rings. The van der Waals surface area contributed by atoms with E-state index in [1.54, 1.807) is 12.1 Å². The van der Waals surface area contributed by atoms with E-state index in [1.807, 2.05) is 0 Å². The van der Waals surface area contributed by atoms with Crippen LogP contribution < -0.4 is 9.47 Å². The largest absolute Gasteiger partial charge is 0.480 e. The lowest BCUT2D eigenvalue weighted by atomic mass is 10.3. The van der Waals surface area contributed by atoms with Crippen molar-refractivity contribution in [2.75, 3.05) is 20.2 Å². The van der Waals surface area contributed by atoms with Gasteiger partial charge in [0.25, 0.3) is 5.69 Å². The van der Waals surface area contributed by atoms with E-state index in [9.17, 15) is 18.5 Å². The Morgan fingerprint density at radius 3 is 2.38 bits per heavy atom. The van der Waals surface area contributed by atoms with E-state index in [-0.39, 0.29) is 35.7 Å². The number of rotatable bonds is 6. The fourth-order valence-electron chi connectivity index (χ4n) is 2.55. The van der Waals surface area contributed by atoms with Gasteiger partial charge in [-0.3, -0.25) is 10.1 Å². The van der Waals surface area contributed by atoms with Gasteiger partial charge in [0, 0.05) is 30.8 Å². The Kier molecular flexibility index (Phi) is 5.00. The molecule has 3 rings (SSSR count). The van der Waals surface area contributed by atoms with Gasteiger partial charge in [-0.2, -0.15) is 4.31 Å². The zero-order valence-corrected chi connectivity index (χ0v) is 14.6. The van der Waals surface area contributed by atoms with Crippen LogP contribution in [0.3, 0.4) is 0 Å². The van der Waals surface area contributed by atoms with Crippen LogP contribution in [0.2, 0.25) is 0 Å². The zero-order valence-electron chi connectivity index (χ0n) is 13.8. The topological polar surface area (TPSA) is 125 Å². The van der Waals surface area contributed by atoms with E-state index < -0.39 is 14.9 Å². The number of benzene rings is 1. The second-order valence-electron chi connectivity index (χ2n) is 5.56. The van der Waals surface area contributed by atoms with E-state index in [0.29, 0.717) is 12.3 Å². The minimum Gasteiger partial charge on any atom is -0.480 e. The lowest BCUT2D eigenvalue weighted by Crippen LogP contribution is -2.31. The monoisotopic (exact) mass is 380 g/mol. The number of nitro groups is 1. The van der Waals surface area contributed by atoms with Crippen LogP contribution >= 0.6 is 0 Å². The maximum Gasteiger partial charge on any atom is 0.269 e. The van der Waals surface area contributed by atoms with Crippen LogP contribution in [-0.2, 0) is 10.0 Å². The van der Waals surface area contributed by atoms with E-state index >= 15 is 0 Å². The van der Waals surface area contributed by atoms with Crippen LogP contribution in [-0.4, -0.2) is 54.1 Å². The molecule has 1 aromatic heterocycles. The number of nitrogens with zero attached hydrogens (tertiary/aromatic N) is 4. The maximum atomic E-state index is 12.7. The predicted molar refractivity (Wildman–Crippen MR) is 89.5 cm³/mol. The third-order valence-electron chi connectivity index (χ3n) is 3.91. The quantitative estimate of drug-likeness (QED) is 0.541. The van der Waals surface area contributed by atoms with Gasteiger partial charge in [0.15, 0.2) is 0 Å². The summed E-state index contributed by atoms with van der Waals surface area (Å²) in [5, 5.41) is 18.3. The Labute approximate surface area is 149 Å². The molecule has 2 aromatic rings. The molecule has 0 bridgehead atoms. The molecule has 1 fully saturated rings. The van der Waals surface area contributed by atoms with Crippen LogP contribution in [0.1, 0.15) is 6.42 Å². The lowest BCUT2D eigenvalue weighted by Gasteiger charge is -2.17. The third kappa shape index (κ3) is 3.73. The number of methoxy groups -OCH3 is 1. The summed E-state index contributed by atoms with van der Waals surface area (Å²) in [6.45, 7) is 0.445. The summed E-state index contributed by atoms with van der Waals surface area (Å²) < 4.78 is 37.2. The van der Waals surface area contributed by atoms with Crippen LogP contribution in [0.15, 0.2) is 41.3 Å². The number of aromatic nitrogens is 2. The number of ether oxygens (including phenoxy) is 2. The number of hydrogen-bond donors (Lipinski definition) is 0. The van der Waals surface area contributed by atoms with Crippen LogP contribution in [0.4, 0.5) is 5.69 Å². The van der Waals surface area contributed by atoms with Gasteiger partial charge in [-0.25, -0.2) is 8.42 Å². The van der Waals surface area contributed by atoms with Gasteiger partial charge in [-0.1, -0.05) is 0 Å². The van der Waals surface area contributed by atoms with Gasteiger partial charge in [0.05, 0.1) is 23.5 Å². The summed E-state index contributed by atoms with van der Waals surface area (Å²) in [4.78, 5) is 10.1. The van der Waals surface area contributed by atoms with Gasteiger partial charge in [0.2, 0.25) is 21.8 Å². The number of nitro benzene ring substituents is 1. The molecule has 0 N–H and O–H groups in total. The summed E-state index contributed by atoms with van der Waals surface area (Å²) in [6, 6.07) is 8.00. The molecule has 2 heterocycles. The molecule has 0 saturated carbocycles. The van der Waals surface area contributed by atoms with Crippen molar-refractivity contribution >= 4 is 15.7 Å². The highest BCUT2D eigenvalue weighted by molar-refractivity contribution is 7.89. The average Bonchev–Trinajstić information content (AvgIpc) is 3.12. The predicted octanol–water partition coefficient (Wildman–Crippen LogP) is 1.24. The van der Waals surface area contributed by atoms with Crippen molar-refractivity contribution in [3.63, 3.8) is 0 Å².